The fourth-order valence-corrected chi connectivity index (χ4v) is 5.93. The molecule has 2 aromatic rings. The first-order valence-corrected chi connectivity index (χ1v) is 11.7. The van der Waals surface area contributed by atoms with Crippen LogP contribution in [0.2, 0.25) is 0 Å². The monoisotopic (exact) mass is 463 g/mol. The van der Waals surface area contributed by atoms with Crippen LogP contribution in [0.5, 0.6) is 5.75 Å². The molecule has 3 amide bonds. The number of aromatic amines is 1. The maximum absolute atomic E-state index is 13.5. The van der Waals surface area contributed by atoms with Gasteiger partial charge in [0.15, 0.2) is 0 Å². The number of ether oxygens (including phenoxy) is 1. The summed E-state index contributed by atoms with van der Waals surface area (Å²) in [6.45, 7) is 5.31. The fraction of sp³-hybridized carbons (Fsp3) is 0.520. The Morgan fingerprint density at radius 3 is 2.85 bits per heavy atom. The zero-order valence-electron chi connectivity index (χ0n) is 19.6. The lowest BCUT2D eigenvalue weighted by molar-refractivity contribution is -0.127. The molecular weight excluding hydrogens is 434 g/mol. The predicted molar refractivity (Wildman–Crippen MR) is 124 cm³/mol. The van der Waals surface area contributed by atoms with Crippen molar-refractivity contribution < 1.29 is 19.1 Å². The molecule has 3 N–H and O–H groups in total. The first-order chi connectivity index (χ1) is 16.3. The summed E-state index contributed by atoms with van der Waals surface area (Å²) in [6.07, 6.45) is 0.927. The minimum Gasteiger partial charge on any atom is -0.496 e. The molecule has 0 bridgehead atoms. The second kappa shape index (κ2) is 8.05. The van der Waals surface area contributed by atoms with Crippen molar-refractivity contribution in [3.8, 4) is 11.8 Å². The second-order valence-electron chi connectivity index (χ2n) is 10.2. The summed E-state index contributed by atoms with van der Waals surface area (Å²) in [7, 11) is 1.58. The van der Waals surface area contributed by atoms with E-state index in [1.807, 2.05) is 18.2 Å². The van der Waals surface area contributed by atoms with E-state index >= 15 is 0 Å². The van der Waals surface area contributed by atoms with Gasteiger partial charge in [-0.25, -0.2) is 0 Å². The molecule has 2 saturated heterocycles. The van der Waals surface area contributed by atoms with Gasteiger partial charge in [-0.2, -0.15) is 5.26 Å². The van der Waals surface area contributed by atoms with E-state index in [9.17, 15) is 19.6 Å². The molecule has 1 aliphatic carbocycles. The molecule has 3 fully saturated rings. The highest BCUT2D eigenvalue weighted by atomic mass is 16.5. The van der Waals surface area contributed by atoms with Crippen LogP contribution in [0.25, 0.3) is 10.9 Å². The van der Waals surface area contributed by atoms with Crippen LogP contribution in [0.15, 0.2) is 24.3 Å². The van der Waals surface area contributed by atoms with Crippen molar-refractivity contribution in [2.45, 2.75) is 38.8 Å². The number of amides is 3. The molecule has 1 aromatic heterocycles. The smallest absolute Gasteiger partial charge is 0.271 e. The predicted octanol–water partition coefficient (Wildman–Crippen LogP) is 1.81. The molecule has 5 unspecified atom stereocenters. The Kier molecular flexibility index (Phi) is 5.27. The first kappa shape index (κ1) is 22.3. The van der Waals surface area contributed by atoms with Crippen LogP contribution >= 0.6 is 0 Å². The third-order valence-electron chi connectivity index (χ3n) is 7.97. The van der Waals surface area contributed by atoms with Crippen LogP contribution in [0.1, 0.15) is 37.2 Å². The van der Waals surface area contributed by atoms with Gasteiger partial charge in [0.1, 0.15) is 23.5 Å². The number of fused-ring (bicyclic) bond motifs is 2. The maximum atomic E-state index is 13.5. The van der Waals surface area contributed by atoms with E-state index in [-0.39, 0.29) is 47.3 Å². The lowest BCUT2D eigenvalue weighted by atomic mass is 9.97. The van der Waals surface area contributed by atoms with Crippen molar-refractivity contribution in [2.24, 2.45) is 23.2 Å². The third-order valence-corrected chi connectivity index (χ3v) is 7.97. The van der Waals surface area contributed by atoms with Gasteiger partial charge in [-0.05, 0) is 48.3 Å². The van der Waals surface area contributed by atoms with Crippen LogP contribution in [-0.2, 0) is 9.59 Å². The number of rotatable bonds is 6. The standard InChI is InChI=1S/C25H29N5O4/c1-25(2)16-12-30(24(33)18-10-15-17(29-18)5-4-6-19(15)34-3)21(20(16)25)23(32)28-14(11-26)9-13-7-8-27-22(13)31/h4-6,10,13-14,16,20-21,29H,7-9,12H2,1-3H3,(H,27,31)(H,28,32). The van der Waals surface area contributed by atoms with E-state index in [1.54, 1.807) is 18.1 Å². The number of carbonyl (C=O) groups excluding carboxylic acids is 3. The van der Waals surface area contributed by atoms with E-state index in [4.69, 9.17) is 4.74 Å². The van der Waals surface area contributed by atoms with Crippen molar-refractivity contribution >= 4 is 28.6 Å². The SMILES string of the molecule is COc1cccc2[nH]c(C(=O)N3CC4C(C3C(=O)NC(C#N)CC3CCNC3=O)C4(C)C)cc12. The van der Waals surface area contributed by atoms with E-state index in [0.717, 1.165) is 10.9 Å². The molecule has 9 nitrogen and oxygen atoms in total. The van der Waals surface area contributed by atoms with Crippen LogP contribution in [-0.4, -0.2) is 59.9 Å². The average molecular weight is 464 g/mol. The molecule has 0 radical (unpaired) electrons. The number of aromatic nitrogens is 1. The van der Waals surface area contributed by atoms with Crippen LogP contribution in [0.3, 0.4) is 0 Å². The van der Waals surface area contributed by atoms with Gasteiger partial charge in [-0.1, -0.05) is 19.9 Å². The van der Waals surface area contributed by atoms with Crippen LogP contribution in [0, 0.1) is 34.5 Å². The Morgan fingerprint density at radius 1 is 1.38 bits per heavy atom. The number of hydrogen-bond donors (Lipinski definition) is 3. The molecule has 3 heterocycles. The molecular formula is C25H29N5O4. The van der Waals surface area contributed by atoms with Gasteiger partial charge in [0, 0.05) is 29.9 Å². The normalized spacial score (nSPS) is 27.6. The van der Waals surface area contributed by atoms with Gasteiger partial charge in [0.05, 0.1) is 13.2 Å². The highest BCUT2D eigenvalue weighted by Gasteiger charge is 2.69. The number of nitriles is 1. The Bertz CT molecular complexity index is 1210. The van der Waals surface area contributed by atoms with Gasteiger partial charge < -0.3 is 25.3 Å². The molecule has 2 aliphatic heterocycles. The van der Waals surface area contributed by atoms with Gasteiger partial charge in [-0.15, -0.1) is 0 Å². The Labute approximate surface area is 197 Å². The van der Waals surface area contributed by atoms with E-state index in [0.29, 0.717) is 31.0 Å². The van der Waals surface area contributed by atoms with Crippen LogP contribution in [0.4, 0.5) is 0 Å². The number of hydrogen-bond acceptors (Lipinski definition) is 5. The molecule has 0 spiro atoms. The average Bonchev–Trinajstić information content (AvgIpc) is 3.33. The zero-order chi connectivity index (χ0) is 24.2. The quantitative estimate of drug-likeness (QED) is 0.602. The molecule has 3 aliphatic rings. The summed E-state index contributed by atoms with van der Waals surface area (Å²) >= 11 is 0. The Hall–Kier alpha value is -3.54. The first-order valence-electron chi connectivity index (χ1n) is 11.7. The van der Waals surface area contributed by atoms with Crippen molar-refractivity contribution in [3.05, 3.63) is 30.0 Å². The minimum atomic E-state index is -0.781. The number of likely N-dealkylation sites (tertiary alicyclic amines) is 1. The number of nitrogens with one attached hydrogen (secondary N) is 3. The largest absolute Gasteiger partial charge is 0.496 e. The maximum Gasteiger partial charge on any atom is 0.271 e. The number of methoxy groups -OCH3 is 1. The Balaban J connectivity index is 1.37. The summed E-state index contributed by atoms with van der Waals surface area (Å²) < 4.78 is 5.41. The Morgan fingerprint density at radius 2 is 2.18 bits per heavy atom. The minimum absolute atomic E-state index is 0.0319. The van der Waals surface area contributed by atoms with Crippen LogP contribution < -0.4 is 15.4 Å². The molecule has 5 atom stereocenters. The van der Waals surface area contributed by atoms with Crippen molar-refractivity contribution in [1.82, 2.24) is 20.5 Å². The highest BCUT2D eigenvalue weighted by molar-refractivity contribution is 6.02. The molecule has 9 heteroatoms. The molecule has 34 heavy (non-hydrogen) atoms. The summed E-state index contributed by atoms with van der Waals surface area (Å²) in [6, 6.07) is 8.00. The summed E-state index contributed by atoms with van der Waals surface area (Å²) in [5.74, 6) is -0.00490. The number of benzene rings is 1. The molecule has 1 aromatic carbocycles. The van der Waals surface area contributed by atoms with Gasteiger partial charge in [-0.3, -0.25) is 14.4 Å². The van der Waals surface area contributed by atoms with Crippen molar-refractivity contribution in [2.75, 3.05) is 20.2 Å². The van der Waals surface area contributed by atoms with Crippen molar-refractivity contribution in [3.63, 3.8) is 0 Å². The number of piperidine rings is 1. The van der Waals surface area contributed by atoms with Gasteiger partial charge in [0.25, 0.3) is 5.91 Å². The fourth-order valence-electron chi connectivity index (χ4n) is 5.93. The summed E-state index contributed by atoms with van der Waals surface area (Å²) in [5, 5.41) is 16.0. The van der Waals surface area contributed by atoms with Gasteiger partial charge >= 0.3 is 0 Å². The molecule has 5 rings (SSSR count). The second-order valence-corrected chi connectivity index (χ2v) is 10.2. The summed E-state index contributed by atoms with van der Waals surface area (Å²) in [5.41, 5.74) is 1.14. The van der Waals surface area contributed by atoms with E-state index < -0.39 is 12.1 Å². The lowest BCUT2D eigenvalue weighted by Crippen LogP contribution is -2.52. The number of H-pyrrole nitrogens is 1. The van der Waals surface area contributed by atoms with Gasteiger partial charge in [0.2, 0.25) is 11.8 Å². The number of nitrogens with zero attached hydrogens (tertiary/aromatic N) is 2. The zero-order valence-corrected chi connectivity index (χ0v) is 19.6. The third kappa shape index (κ3) is 3.49. The van der Waals surface area contributed by atoms with E-state index in [1.165, 1.54) is 0 Å². The highest BCUT2D eigenvalue weighted by Crippen LogP contribution is 2.65. The van der Waals surface area contributed by atoms with E-state index in [2.05, 4.69) is 35.5 Å². The topological polar surface area (TPSA) is 127 Å². The molecule has 178 valence electrons. The van der Waals surface area contributed by atoms with Crippen molar-refractivity contribution in [1.29, 1.82) is 5.26 Å². The number of carbonyl (C=O) groups is 3. The molecule has 1 saturated carbocycles. The summed E-state index contributed by atoms with van der Waals surface area (Å²) in [4.78, 5) is 43.7. The lowest BCUT2D eigenvalue weighted by Gasteiger charge is -2.30.